The first kappa shape index (κ1) is 19.9. The third kappa shape index (κ3) is 4.79. The molecule has 1 aliphatic heterocycles. The van der Waals surface area contributed by atoms with E-state index in [1.165, 1.54) is 12.8 Å². The first-order valence-corrected chi connectivity index (χ1v) is 8.93. The maximum atomic E-state index is 12.5. The largest absolute Gasteiger partial charge is 0.497 e. The van der Waals surface area contributed by atoms with Crippen molar-refractivity contribution in [2.45, 2.75) is 51.7 Å². The summed E-state index contributed by atoms with van der Waals surface area (Å²) in [6, 6.07) is 5.83. The molecule has 2 fully saturated rings. The minimum absolute atomic E-state index is 0. The van der Waals surface area contributed by atoms with Crippen LogP contribution in [0.4, 0.5) is 0 Å². The molecule has 1 saturated carbocycles. The highest BCUT2D eigenvalue weighted by Gasteiger charge is 2.36. The van der Waals surface area contributed by atoms with E-state index in [1.807, 2.05) is 25.1 Å². The molecule has 0 radical (unpaired) electrons. The van der Waals surface area contributed by atoms with Crippen LogP contribution in [-0.4, -0.2) is 32.2 Å². The van der Waals surface area contributed by atoms with Crippen LogP contribution in [0.15, 0.2) is 18.2 Å². The van der Waals surface area contributed by atoms with E-state index in [1.54, 1.807) is 7.11 Å². The van der Waals surface area contributed by atoms with Crippen molar-refractivity contribution < 1.29 is 14.3 Å². The molecular weight excluding hydrogens is 340 g/mol. The Balaban J connectivity index is 0.00000225. The number of hydrogen-bond donors (Lipinski definition) is 2. The molecule has 1 aromatic carbocycles. The first-order valence-electron chi connectivity index (χ1n) is 8.93. The molecule has 0 bridgehead atoms. The Morgan fingerprint density at radius 3 is 2.76 bits per heavy atom. The summed E-state index contributed by atoms with van der Waals surface area (Å²) < 4.78 is 11.5. The average Bonchev–Trinajstić information content (AvgIpc) is 3.25. The van der Waals surface area contributed by atoms with E-state index in [4.69, 9.17) is 9.47 Å². The highest BCUT2D eigenvalue weighted by molar-refractivity contribution is 5.85. The van der Waals surface area contributed by atoms with Crippen molar-refractivity contribution in [3.8, 4) is 11.5 Å². The predicted molar refractivity (Wildman–Crippen MR) is 101 cm³/mol. The van der Waals surface area contributed by atoms with E-state index in [9.17, 15) is 4.79 Å². The van der Waals surface area contributed by atoms with Gasteiger partial charge in [-0.3, -0.25) is 4.79 Å². The molecule has 6 heteroatoms. The molecule has 1 saturated heterocycles. The van der Waals surface area contributed by atoms with Gasteiger partial charge in [-0.05, 0) is 57.7 Å². The second-order valence-electron chi connectivity index (χ2n) is 7.17. The number of halogens is 1. The number of amides is 1. The number of nitrogens with one attached hydrogen (secondary N) is 2. The van der Waals surface area contributed by atoms with E-state index < -0.39 is 0 Å². The van der Waals surface area contributed by atoms with Gasteiger partial charge >= 0.3 is 0 Å². The highest BCUT2D eigenvalue weighted by atomic mass is 35.5. The lowest BCUT2D eigenvalue weighted by atomic mass is 9.89. The fourth-order valence-corrected chi connectivity index (χ4v) is 3.50. The van der Waals surface area contributed by atoms with Gasteiger partial charge in [0.15, 0.2) is 0 Å². The first-order chi connectivity index (χ1) is 11.6. The monoisotopic (exact) mass is 368 g/mol. The molecule has 1 unspecified atom stereocenters. The van der Waals surface area contributed by atoms with Crippen molar-refractivity contribution in [1.82, 2.24) is 10.6 Å². The third-order valence-corrected chi connectivity index (χ3v) is 5.23. The Kier molecular flexibility index (Phi) is 6.96. The van der Waals surface area contributed by atoms with Gasteiger partial charge < -0.3 is 20.1 Å². The van der Waals surface area contributed by atoms with E-state index in [0.717, 1.165) is 49.4 Å². The molecule has 2 aliphatic rings. The fraction of sp³-hybridized carbons (Fsp3) is 0.632. The molecule has 5 nitrogen and oxygen atoms in total. The minimum atomic E-state index is -0.307. The predicted octanol–water partition coefficient (Wildman–Crippen LogP) is 3.05. The van der Waals surface area contributed by atoms with Crippen LogP contribution in [0.2, 0.25) is 0 Å². The van der Waals surface area contributed by atoms with Gasteiger partial charge in [0, 0.05) is 24.7 Å². The number of carbonyl (C=O) groups excluding carboxylic acids is 1. The van der Waals surface area contributed by atoms with Gasteiger partial charge in [0.2, 0.25) is 5.91 Å². The molecule has 2 N–H and O–H groups in total. The van der Waals surface area contributed by atoms with Crippen molar-refractivity contribution in [1.29, 1.82) is 0 Å². The second-order valence-corrected chi connectivity index (χ2v) is 7.17. The Morgan fingerprint density at radius 1 is 1.36 bits per heavy atom. The zero-order valence-electron chi connectivity index (χ0n) is 15.1. The third-order valence-electron chi connectivity index (χ3n) is 5.23. The zero-order chi connectivity index (χ0) is 17.0. The fourth-order valence-electron chi connectivity index (χ4n) is 3.50. The van der Waals surface area contributed by atoms with Gasteiger partial charge in [-0.1, -0.05) is 0 Å². The summed E-state index contributed by atoms with van der Waals surface area (Å²) in [5, 5.41) is 6.35. The van der Waals surface area contributed by atoms with Crippen molar-refractivity contribution in [2.75, 3.05) is 20.2 Å². The van der Waals surface area contributed by atoms with E-state index in [2.05, 4.69) is 10.6 Å². The number of methoxy groups -OCH3 is 1. The van der Waals surface area contributed by atoms with Crippen molar-refractivity contribution in [2.24, 2.45) is 5.41 Å². The van der Waals surface area contributed by atoms with E-state index in [-0.39, 0.29) is 29.8 Å². The van der Waals surface area contributed by atoms with Crippen LogP contribution in [0.5, 0.6) is 11.5 Å². The quantitative estimate of drug-likeness (QED) is 0.810. The van der Waals surface area contributed by atoms with Crippen LogP contribution < -0.4 is 20.1 Å². The lowest BCUT2D eigenvalue weighted by molar-refractivity contribution is -0.129. The zero-order valence-corrected chi connectivity index (χ0v) is 15.9. The minimum Gasteiger partial charge on any atom is -0.497 e. The van der Waals surface area contributed by atoms with Gasteiger partial charge in [-0.2, -0.15) is 0 Å². The topological polar surface area (TPSA) is 59.6 Å². The average molecular weight is 369 g/mol. The van der Waals surface area contributed by atoms with Crippen molar-refractivity contribution in [3.63, 3.8) is 0 Å². The number of carbonyl (C=O) groups is 1. The van der Waals surface area contributed by atoms with E-state index in [0.29, 0.717) is 6.54 Å². The van der Waals surface area contributed by atoms with Gasteiger partial charge in [0.1, 0.15) is 11.5 Å². The van der Waals surface area contributed by atoms with Crippen LogP contribution >= 0.6 is 12.4 Å². The molecule has 1 amide bonds. The van der Waals surface area contributed by atoms with Crippen LogP contribution in [0.25, 0.3) is 0 Å². The molecule has 25 heavy (non-hydrogen) atoms. The van der Waals surface area contributed by atoms with Crippen LogP contribution in [0, 0.1) is 5.41 Å². The van der Waals surface area contributed by atoms with Gasteiger partial charge in [0.25, 0.3) is 0 Å². The Morgan fingerprint density at radius 2 is 2.12 bits per heavy atom. The molecule has 0 aromatic heterocycles. The van der Waals surface area contributed by atoms with E-state index >= 15 is 0 Å². The van der Waals surface area contributed by atoms with Crippen LogP contribution in [0.3, 0.4) is 0 Å². The van der Waals surface area contributed by atoms with Crippen LogP contribution in [0.1, 0.15) is 44.6 Å². The van der Waals surface area contributed by atoms with Gasteiger partial charge in [-0.15, -0.1) is 12.4 Å². The lowest BCUT2D eigenvalue weighted by Gasteiger charge is -2.22. The highest BCUT2D eigenvalue weighted by Crippen LogP contribution is 2.30. The molecule has 0 spiro atoms. The Hall–Kier alpha value is -1.46. The molecule has 1 aliphatic carbocycles. The Labute approximate surface area is 156 Å². The Bertz CT molecular complexity index is 582. The SMILES string of the molecule is COc1ccc(CNC(=O)C2(C)CCNC2)c(OC2CCCC2)c1.Cl. The van der Waals surface area contributed by atoms with Gasteiger partial charge in [0.05, 0.1) is 18.6 Å². The summed E-state index contributed by atoms with van der Waals surface area (Å²) in [6.45, 7) is 4.15. The summed E-state index contributed by atoms with van der Waals surface area (Å²) in [5.74, 6) is 1.72. The maximum absolute atomic E-state index is 12.5. The molecule has 1 atom stereocenters. The molecule has 1 heterocycles. The molecule has 1 aromatic rings. The normalized spacial score (nSPS) is 23.1. The summed E-state index contributed by atoms with van der Waals surface area (Å²) in [4.78, 5) is 12.5. The summed E-state index contributed by atoms with van der Waals surface area (Å²) in [5.41, 5.74) is 0.699. The summed E-state index contributed by atoms with van der Waals surface area (Å²) in [6.07, 6.45) is 5.83. The van der Waals surface area contributed by atoms with Crippen LogP contribution in [-0.2, 0) is 11.3 Å². The molecule has 3 rings (SSSR count). The molecular formula is C19H29ClN2O3. The number of hydrogen-bond acceptors (Lipinski definition) is 4. The number of benzene rings is 1. The van der Waals surface area contributed by atoms with Gasteiger partial charge in [-0.25, -0.2) is 0 Å². The van der Waals surface area contributed by atoms with Crippen molar-refractivity contribution >= 4 is 18.3 Å². The number of ether oxygens (including phenoxy) is 2. The lowest BCUT2D eigenvalue weighted by Crippen LogP contribution is -2.40. The van der Waals surface area contributed by atoms with Crippen molar-refractivity contribution in [3.05, 3.63) is 23.8 Å². The summed E-state index contributed by atoms with van der Waals surface area (Å²) >= 11 is 0. The maximum Gasteiger partial charge on any atom is 0.227 e. The smallest absolute Gasteiger partial charge is 0.227 e. The molecule has 140 valence electrons. The number of rotatable bonds is 6. The standard InChI is InChI=1S/C19H28N2O3.ClH/c1-19(9-10-20-13-19)18(22)21-12-14-7-8-16(23-2)11-17(14)24-15-5-3-4-6-15;/h7-8,11,15,20H,3-6,9-10,12-13H2,1-2H3,(H,21,22);1H. The summed E-state index contributed by atoms with van der Waals surface area (Å²) in [7, 11) is 1.66. The second kappa shape index (κ2) is 8.77.